The molecule has 0 aliphatic rings. The van der Waals surface area contributed by atoms with E-state index in [1.807, 2.05) is 24.3 Å². The van der Waals surface area contributed by atoms with Crippen LogP contribution in [-0.4, -0.2) is 9.13 Å². The molecular formula is C64H60N4. The van der Waals surface area contributed by atoms with Crippen molar-refractivity contribution in [1.29, 1.82) is 10.5 Å². The van der Waals surface area contributed by atoms with Crippen LogP contribution in [0.2, 0.25) is 0 Å². The zero-order chi connectivity index (χ0) is 48.2. The molecule has 0 atom stereocenters. The van der Waals surface area contributed by atoms with Crippen molar-refractivity contribution in [2.45, 2.75) is 105 Å². The zero-order valence-corrected chi connectivity index (χ0v) is 41.6. The Hall–Kier alpha value is -7.40. The third-order valence-electron chi connectivity index (χ3n) is 14.1. The average molecular weight is 885 g/mol. The Morgan fingerprint density at radius 3 is 0.956 bits per heavy atom. The van der Waals surface area contributed by atoms with Crippen LogP contribution in [0.4, 0.5) is 0 Å². The van der Waals surface area contributed by atoms with E-state index in [1.54, 1.807) is 0 Å². The van der Waals surface area contributed by atoms with Crippen LogP contribution in [-0.2, 0) is 21.7 Å². The van der Waals surface area contributed by atoms with Gasteiger partial charge in [0.2, 0.25) is 0 Å². The third-order valence-corrected chi connectivity index (χ3v) is 14.1. The van der Waals surface area contributed by atoms with Crippen LogP contribution in [0, 0.1) is 22.7 Å². The largest absolute Gasteiger partial charge is 0.306 e. The molecule has 0 fully saturated rings. The number of nitrogens with zero attached hydrogens (tertiary/aromatic N) is 4. The van der Waals surface area contributed by atoms with E-state index in [2.05, 4.69) is 226 Å². The molecule has 0 saturated heterocycles. The van der Waals surface area contributed by atoms with Gasteiger partial charge < -0.3 is 9.13 Å². The van der Waals surface area contributed by atoms with Crippen molar-refractivity contribution in [2.24, 2.45) is 0 Å². The average Bonchev–Trinajstić information content (AvgIpc) is 3.83. The predicted molar refractivity (Wildman–Crippen MR) is 288 cm³/mol. The topological polar surface area (TPSA) is 57.4 Å². The molecule has 0 saturated carbocycles. The minimum absolute atomic E-state index is 0.137. The van der Waals surface area contributed by atoms with Crippen LogP contribution in [0.3, 0.4) is 0 Å². The zero-order valence-electron chi connectivity index (χ0n) is 41.6. The highest BCUT2D eigenvalue weighted by molar-refractivity contribution is 6.33. The summed E-state index contributed by atoms with van der Waals surface area (Å²) in [4.78, 5) is 0. The minimum Gasteiger partial charge on any atom is -0.306 e. The van der Waals surface area contributed by atoms with Crippen molar-refractivity contribution < 1.29 is 0 Å². The maximum absolute atomic E-state index is 10.0. The normalized spacial score (nSPS) is 12.7. The summed E-state index contributed by atoms with van der Waals surface area (Å²) in [6.07, 6.45) is 0. The van der Waals surface area contributed by atoms with Gasteiger partial charge in [0, 0.05) is 32.9 Å². The molecule has 4 heteroatoms. The highest BCUT2D eigenvalue weighted by atomic mass is 15.1. The molecule has 10 aromatic rings. The number of aromatic nitrogens is 2. The van der Waals surface area contributed by atoms with Crippen molar-refractivity contribution in [2.75, 3.05) is 0 Å². The fourth-order valence-corrected chi connectivity index (χ4v) is 10.1. The summed E-state index contributed by atoms with van der Waals surface area (Å²) in [5, 5.41) is 26.9. The van der Waals surface area contributed by atoms with E-state index in [0.717, 1.165) is 88.0 Å². The third kappa shape index (κ3) is 7.35. The number of nitriles is 2. The van der Waals surface area contributed by atoms with Gasteiger partial charge in [-0.3, -0.25) is 0 Å². The summed E-state index contributed by atoms with van der Waals surface area (Å²) in [6, 6.07) is 57.9. The first kappa shape index (κ1) is 44.4. The molecule has 4 nitrogen and oxygen atoms in total. The van der Waals surface area contributed by atoms with Crippen LogP contribution in [0.1, 0.15) is 116 Å². The molecule has 0 aliphatic carbocycles. The van der Waals surface area contributed by atoms with Crippen LogP contribution in [0.5, 0.6) is 0 Å². The second-order valence-electron chi connectivity index (χ2n) is 23.0. The van der Waals surface area contributed by atoms with Gasteiger partial charge in [0.15, 0.2) is 0 Å². The maximum Gasteiger partial charge on any atom is 0.0991 e. The van der Waals surface area contributed by atoms with Crippen molar-refractivity contribution >= 4 is 54.4 Å². The van der Waals surface area contributed by atoms with Crippen LogP contribution in [0.15, 0.2) is 146 Å². The number of hydrogen-bond donors (Lipinski definition) is 0. The van der Waals surface area contributed by atoms with Gasteiger partial charge in [-0.15, -0.1) is 0 Å². The monoisotopic (exact) mass is 884 g/mol. The molecule has 2 aromatic heterocycles. The van der Waals surface area contributed by atoms with Gasteiger partial charge in [0.1, 0.15) is 0 Å². The lowest BCUT2D eigenvalue weighted by Gasteiger charge is -2.27. The fraction of sp³-hybridized carbons (Fsp3) is 0.250. The van der Waals surface area contributed by atoms with Gasteiger partial charge in [-0.25, -0.2) is 0 Å². The predicted octanol–water partition coefficient (Wildman–Crippen LogP) is 17.3. The molecule has 10 rings (SSSR count). The number of benzene rings is 8. The Labute approximate surface area is 401 Å². The van der Waals surface area contributed by atoms with Gasteiger partial charge in [-0.05, 0) is 138 Å². The van der Waals surface area contributed by atoms with Crippen LogP contribution < -0.4 is 0 Å². The summed E-state index contributed by atoms with van der Waals surface area (Å²) in [6.45, 7) is 27.8. The summed E-state index contributed by atoms with van der Waals surface area (Å²) in [5.74, 6) is 0. The minimum atomic E-state index is -0.137. The molecule has 0 bridgehead atoms. The molecule has 68 heavy (non-hydrogen) atoms. The summed E-state index contributed by atoms with van der Waals surface area (Å²) < 4.78 is 5.20. The van der Waals surface area contributed by atoms with Gasteiger partial charge in [0.25, 0.3) is 0 Å². The first-order valence-electron chi connectivity index (χ1n) is 24.0. The number of hydrogen-bond acceptors (Lipinski definition) is 2. The van der Waals surface area contributed by atoms with Crippen LogP contribution >= 0.6 is 0 Å². The van der Waals surface area contributed by atoms with E-state index in [1.165, 1.54) is 22.3 Å². The Morgan fingerprint density at radius 1 is 0.353 bits per heavy atom. The Morgan fingerprint density at radius 2 is 0.662 bits per heavy atom. The fourth-order valence-electron chi connectivity index (χ4n) is 10.1. The first-order valence-corrected chi connectivity index (χ1v) is 24.0. The molecule has 336 valence electrons. The van der Waals surface area contributed by atoms with Gasteiger partial charge in [-0.1, -0.05) is 168 Å². The SMILES string of the molecule is CC(C)(C)c1cc(-n2c3c4ccccc4cc(-c4ccc(C#N)cc4)c3c3c2c2c(-c4ccc(C#N)cc4)cc4ccccc4c2n3-c2cc(C(C)(C)C)cc(C(C)(C)C)c2)cc(C(C)(C)C)c1. The van der Waals surface area contributed by atoms with E-state index in [9.17, 15) is 10.5 Å². The highest BCUT2D eigenvalue weighted by Crippen LogP contribution is 2.51. The summed E-state index contributed by atoms with van der Waals surface area (Å²) in [5.41, 5.74) is 16.8. The Kier molecular flexibility index (Phi) is 10.2. The second-order valence-corrected chi connectivity index (χ2v) is 23.0. The van der Waals surface area contributed by atoms with Crippen molar-refractivity contribution in [3.05, 3.63) is 179 Å². The summed E-state index contributed by atoms with van der Waals surface area (Å²) >= 11 is 0. The highest BCUT2D eigenvalue weighted by Gasteiger charge is 2.32. The van der Waals surface area contributed by atoms with E-state index in [-0.39, 0.29) is 21.7 Å². The smallest absolute Gasteiger partial charge is 0.0991 e. The molecule has 0 unspecified atom stereocenters. The van der Waals surface area contributed by atoms with Gasteiger partial charge in [-0.2, -0.15) is 10.5 Å². The Bertz CT molecular complexity index is 3440. The quantitative estimate of drug-likeness (QED) is 0.177. The molecule has 0 spiro atoms. The van der Waals surface area contributed by atoms with E-state index >= 15 is 0 Å². The first-order chi connectivity index (χ1) is 32.1. The lowest BCUT2D eigenvalue weighted by molar-refractivity contribution is 0.567. The molecular weight excluding hydrogens is 825 g/mol. The lowest BCUT2D eigenvalue weighted by atomic mass is 9.80. The van der Waals surface area contributed by atoms with E-state index in [0.29, 0.717) is 11.1 Å². The van der Waals surface area contributed by atoms with Crippen molar-refractivity contribution in [3.63, 3.8) is 0 Å². The molecule has 0 N–H and O–H groups in total. The molecule has 2 heterocycles. The molecule has 0 radical (unpaired) electrons. The van der Waals surface area contributed by atoms with Gasteiger partial charge in [0.05, 0.1) is 45.3 Å². The standard InChI is InChI=1S/C64H60N4/c1-61(2,3)45-31-46(62(4,5)6)34-49(33-45)67-57-51-19-15-13-17-43(51)29-53(41-25-21-39(37-65)22-26-41)55(57)60-59(67)56-54(42-27-23-40(38-66)24-28-42)30-44-18-14-16-20-52(44)58(56)68(60)50-35-47(63(7,8)9)32-48(36-50)64(10,11)12/h13-36H,1-12H3. The number of rotatable bonds is 4. The Balaban J connectivity index is 1.59. The van der Waals surface area contributed by atoms with Crippen molar-refractivity contribution in [1.82, 2.24) is 9.13 Å². The number of fused-ring (bicyclic) bond motifs is 9. The molecule has 8 aromatic carbocycles. The van der Waals surface area contributed by atoms with E-state index in [4.69, 9.17) is 0 Å². The molecule has 0 aliphatic heterocycles. The van der Waals surface area contributed by atoms with E-state index < -0.39 is 0 Å². The molecule has 0 amide bonds. The second kappa shape index (κ2) is 15.6. The van der Waals surface area contributed by atoms with Crippen molar-refractivity contribution in [3.8, 4) is 45.8 Å². The van der Waals surface area contributed by atoms with Gasteiger partial charge >= 0.3 is 0 Å². The maximum atomic E-state index is 10.0. The van der Waals surface area contributed by atoms with Crippen LogP contribution in [0.25, 0.3) is 88.0 Å². The lowest BCUT2D eigenvalue weighted by Crippen LogP contribution is -2.17. The summed E-state index contributed by atoms with van der Waals surface area (Å²) in [7, 11) is 0.